The van der Waals surface area contributed by atoms with Crippen molar-refractivity contribution in [2.45, 2.75) is 13.5 Å². The third kappa shape index (κ3) is 4.79. The number of hydrogen-bond donors (Lipinski definition) is 1. The lowest BCUT2D eigenvalue weighted by molar-refractivity contribution is -0.116. The number of amides is 1. The van der Waals surface area contributed by atoms with Crippen molar-refractivity contribution >= 4 is 11.6 Å². The number of rotatable bonds is 7. The molecule has 1 amide bonds. The van der Waals surface area contributed by atoms with Gasteiger partial charge in [0.2, 0.25) is 5.91 Å². The van der Waals surface area contributed by atoms with Gasteiger partial charge in [0.1, 0.15) is 23.0 Å². The summed E-state index contributed by atoms with van der Waals surface area (Å²) in [5, 5.41) is 10.0. The molecule has 0 fully saturated rings. The largest absolute Gasteiger partial charge is 0.508 e. The normalized spacial score (nSPS) is 10.3. The van der Waals surface area contributed by atoms with E-state index in [-0.39, 0.29) is 18.2 Å². The van der Waals surface area contributed by atoms with E-state index < -0.39 is 0 Å². The molecular weight excluding hydrogens is 370 g/mol. The molecule has 0 aromatic heterocycles. The molecule has 0 bridgehead atoms. The van der Waals surface area contributed by atoms with Crippen molar-refractivity contribution in [2.75, 3.05) is 19.1 Å². The number of benzene rings is 3. The van der Waals surface area contributed by atoms with Gasteiger partial charge < -0.3 is 24.2 Å². The van der Waals surface area contributed by atoms with E-state index in [1.165, 1.54) is 24.0 Å². The third-order valence-electron chi connectivity index (χ3n) is 4.40. The van der Waals surface area contributed by atoms with Crippen LogP contribution in [0, 0.1) is 0 Å². The molecule has 0 heterocycles. The van der Waals surface area contributed by atoms with E-state index in [9.17, 15) is 9.90 Å². The fraction of sp³-hybridized carbons (Fsp3) is 0.174. The first-order valence-electron chi connectivity index (χ1n) is 9.06. The fourth-order valence-electron chi connectivity index (χ4n) is 2.96. The fourth-order valence-corrected chi connectivity index (χ4v) is 2.96. The van der Waals surface area contributed by atoms with Crippen LogP contribution < -0.4 is 19.1 Å². The van der Waals surface area contributed by atoms with Crippen molar-refractivity contribution < 1.29 is 24.1 Å². The first kappa shape index (κ1) is 20.1. The van der Waals surface area contributed by atoms with Crippen LogP contribution in [-0.2, 0) is 11.3 Å². The molecule has 6 nitrogen and oxygen atoms in total. The van der Waals surface area contributed by atoms with Crippen molar-refractivity contribution in [3.05, 3.63) is 72.3 Å². The first-order valence-corrected chi connectivity index (χ1v) is 9.06. The SMILES string of the molecule is COc1ccc(OC)c(CN(C(C)=O)c2cc(O)ccc2Oc2ccccc2)c1. The van der Waals surface area contributed by atoms with Gasteiger partial charge in [-0.1, -0.05) is 18.2 Å². The lowest BCUT2D eigenvalue weighted by atomic mass is 10.1. The molecule has 150 valence electrons. The van der Waals surface area contributed by atoms with Gasteiger partial charge in [-0.25, -0.2) is 0 Å². The van der Waals surface area contributed by atoms with Crippen LogP contribution in [0.5, 0.6) is 28.7 Å². The third-order valence-corrected chi connectivity index (χ3v) is 4.40. The molecule has 0 aliphatic heterocycles. The van der Waals surface area contributed by atoms with Crippen LogP contribution in [-0.4, -0.2) is 25.2 Å². The van der Waals surface area contributed by atoms with Crippen LogP contribution in [0.3, 0.4) is 0 Å². The highest BCUT2D eigenvalue weighted by Crippen LogP contribution is 2.37. The Bertz CT molecular complexity index is 988. The van der Waals surface area contributed by atoms with Crippen molar-refractivity contribution in [1.29, 1.82) is 0 Å². The monoisotopic (exact) mass is 393 g/mol. The second-order valence-electron chi connectivity index (χ2n) is 6.35. The van der Waals surface area contributed by atoms with Crippen molar-refractivity contribution in [2.24, 2.45) is 0 Å². The number of methoxy groups -OCH3 is 2. The Morgan fingerprint density at radius 2 is 1.62 bits per heavy atom. The molecule has 0 saturated carbocycles. The van der Waals surface area contributed by atoms with Gasteiger partial charge in [-0.15, -0.1) is 0 Å². The summed E-state index contributed by atoms with van der Waals surface area (Å²) in [5.41, 5.74) is 1.21. The van der Waals surface area contributed by atoms with Gasteiger partial charge in [0.15, 0.2) is 5.75 Å². The minimum Gasteiger partial charge on any atom is -0.508 e. The van der Waals surface area contributed by atoms with Crippen LogP contribution in [0.4, 0.5) is 5.69 Å². The maximum atomic E-state index is 12.5. The van der Waals surface area contributed by atoms with E-state index in [0.717, 1.165) is 5.56 Å². The lowest BCUT2D eigenvalue weighted by Gasteiger charge is -2.25. The van der Waals surface area contributed by atoms with E-state index in [0.29, 0.717) is 28.7 Å². The Kier molecular flexibility index (Phi) is 6.24. The van der Waals surface area contributed by atoms with Crippen molar-refractivity contribution in [1.82, 2.24) is 0 Å². The van der Waals surface area contributed by atoms with Crippen LogP contribution in [0.15, 0.2) is 66.7 Å². The maximum Gasteiger partial charge on any atom is 0.224 e. The summed E-state index contributed by atoms with van der Waals surface area (Å²) in [6, 6.07) is 19.3. The van der Waals surface area contributed by atoms with Crippen LogP contribution in [0.1, 0.15) is 12.5 Å². The summed E-state index contributed by atoms with van der Waals surface area (Å²) >= 11 is 0. The van der Waals surface area contributed by atoms with E-state index in [1.54, 1.807) is 32.4 Å². The lowest BCUT2D eigenvalue weighted by Crippen LogP contribution is -2.28. The van der Waals surface area contributed by atoms with Crippen LogP contribution >= 0.6 is 0 Å². The Labute approximate surface area is 169 Å². The minimum atomic E-state index is -0.210. The molecule has 3 aromatic carbocycles. The van der Waals surface area contributed by atoms with Crippen LogP contribution in [0.25, 0.3) is 0 Å². The molecule has 1 N–H and O–H groups in total. The highest BCUT2D eigenvalue weighted by atomic mass is 16.5. The van der Waals surface area contributed by atoms with Gasteiger partial charge in [0, 0.05) is 18.6 Å². The number of hydrogen-bond acceptors (Lipinski definition) is 5. The summed E-state index contributed by atoms with van der Waals surface area (Å²) in [6.45, 7) is 1.67. The van der Waals surface area contributed by atoms with Gasteiger partial charge in [-0.05, 0) is 42.5 Å². The van der Waals surface area contributed by atoms with Gasteiger partial charge >= 0.3 is 0 Å². The van der Waals surface area contributed by atoms with E-state index >= 15 is 0 Å². The minimum absolute atomic E-state index is 0.0317. The Hall–Kier alpha value is -3.67. The number of para-hydroxylation sites is 1. The predicted molar refractivity (Wildman–Crippen MR) is 111 cm³/mol. The molecule has 0 radical (unpaired) electrons. The van der Waals surface area contributed by atoms with Gasteiger partial charge in [-0.3, -0.25) is 4.79 Å². The molecular formula is C23H23NO5. The number of carbonyl (C=O) groups excluding carboxylic acids is 1. The Morgan fingerprint density at radius 1 is 0.897 bits per heavy atom. The number of carbonyl (C=O) groups is 1. The standard InChI is InChI=1S/C23H23NO5/c1-16(25)24(15-17-13-20(27-2)10-12-22(17)28-3)21-14-18(26)9-11-23(21)29-19-7-5-4-6-8-19/h4-14,26H,15H2,1-3H3. The predicted octanol–water partition coefficient (Wildman–Crippen LogP) is 4.75. The molecule has 3 rings (SSSR count). The molecule has 0 saturated heterocycles. The molecule has 0 aliphatic rings. The molecule has 0 unspecified atom stereocenters. The van der Waals surface area contributed by atoms with E-state index in [4.69, 9.17) is 14.2 Å². The zero-order chi connectivity index (χ0) is 20.8. The molecule has 0 atom stereocenters. The van der Waals surface area contributed by atoms with Crippen molar-refractivity contribution in [3.8, 4) is 28.7 Å². The number of anilines is 1. The Balaban J connectivity index is 2.02. The second-order valence-corrected chi connectivity index (χ2v) is 6.35. The highest BCUT2D eigenvalue weighted by Gasteiger charge is 2.20. The summed E-state index contributed by atoms with van der Waals surface area (Å²) in [4.78, 5) is 14.1. The smallest absolute Gasteiger partial charge is 0.224 e. The number of nitrogens with zero attached hydrogens (tertiary/aromatic N) is 1. The molecule has 6 heteroatoms. The number of ether oxygens (including phenoxy) is 3. The van der Waals surface area contributed by atoms with E-state index in [1.807, 2.05) is 36.4 Å². The Morgan fingerprint density at radius 3 is 2.28 bits per heavy atom. The van der Waals surface area contributed by atoms with Crippen LogP contribution in [0.2, 0.25) is 0 Å². The second kappa shape index (κ2) is 9.01. The summed E-state index contributed by atoms with van der Waals surface area (Å²) < 4.78 is 16.7. The molecule has 0 aliphatic carbocycles. The van der Waals surface area contributed by atoms with Gasteiger partial charge in [0.05, 0.1) is 26.5 Å². The summed E-state index contributed by atoms with van der Waals surface area (Å²) in [6.07, 6.45) is 0. The average molecular weight is 393 g/mol. The van der Waals surface area contributed by atoms with Gasteiger partial charge in [0.25, 0.3) is 0 Å². The molecule has 0 spiro atoms. The maximum absolute atomic E-state index is 12.5. The molecule has 29 heavy (non-hydrogen) atoms. The average Bonchev–Trinajstić information content (AvgIpc) is 2.73. The van der Waals surface area contributed by atoms with Crippen molar-refractivity contribution in [3.63, 3.8) is 0 Å². The summed E-state index contributed by atoms with van der Waals surface area (Å²) in [5.74, 6) is 2.18. The number of phenolic OH excluding ortho intramolecular Hbond substituents is 1. The zero-order valence-electron chi connectivity index (χ0n) is 16.6. The first-order chi connectivity index (χ1) is 14.0. The highest BCUT2D eigenvalue weighted by molar-refractivity contribution is 5.93. The topological polar surface area (TPSA) is 68.2 Å². The number of phenols is 1. The summed E-state index contributed by atoms with van der Waals surface area (Å²) in [7, 11) is 3.15. The zero-order valence-corrected chi connectivity index (χ0v) is 16.6. The number of aromatic hydroxyl groups is 1. The quantitative estimate of drug-likeness (QED) is 0.627. The molecule has 3 aromatic rings. The van der Waals surface area contributed by atoms with Gasteiger partial charge in [-0.2, -0.15) is 0 Å². The van der Waals surface area contributed by atoms with E-state index in [2.05, 4.69) is 0 Å².